The van der Waals surface area contributed by atoms with Crippen LogP contribution in [-0.2, 0) is 10.0 Å². The van der Waals surface area contributed by atoms with Crippen molar-refractivity contribution in [3.8, 4) is 5.75 Å². The molecule has 21 heavy (non-hydrogen) atoms. The van der Waals surface area contributed by atoms with Crippen LogP contribution < -0.4 is 14.8 Å². The van der Waals surface area contributed by atoms with E-state index in [4.69, 9.17) is 4.74 Å². The van der Waals surface area contributed by atoms with Gasteiger partial charge in [-0.2, -0.15) is 0 Å². The predicted molar refractivity (Wildman–Crippen MR) is 85.8 cm³/mol. The summed E-state index contributed by atoms with van der Waals surface area (Å²) < 4.78 is 33.1. The van der Waals surface area contributed by atoms with Crippen molar-refractivity contribution in [2.75, 3.05) is 13.7 Å². The summed E-state index contributed by atoms with van der Waals surface area (Å²) in [6.45, 7) is 4.80. The van der Waals surface area contributed by atoms with Crippen molar-refractivity contribution in [1.29, 1.82) is 0 Å². The van der Waals surface area contributed by atoms with Crippen LogP contribution in [0.3, 0.4) is 0 Å². The highest BCUT2D eigenvalue weighted by molar-refractivity contribution is 7.89. The number of hydrogen-bond donors (Lipinski definition) is 2. The molecular formula is C14H23ClN2O3S. The van der Waals surface area contributed by atoms with Crippen LogP contribution in [0, 0.1) is 6.92 Å². The molecule has 1 aromatic rings. The van der Waals surface area contributed by atoms with Crippen molar-refractivity contribution < 1.29 is 13.2 Å². The van der Waals surface area contributed by atoms with E-state index in [9.17, 15) is 8.42 Å². The summed E-state index contributed by atoms with van der Waals surface area (Å²) in [5.41, 5.74) is 0.890. The van der Waals surface area contributed by atoms with Gasteiger partial charge in [0.05, 0.1) is 7.11 Å². The third kappa shape index (κ3) is 4.32. The molecule has 2 rings (SSSR count). The number of piperidine rings is 1. The van der Waals surface area contributed by atoms with Gasteiger partial charge in [0.1, 0.15) is 10.6 Å². The number of sulfonamides is 1. The molecule has 0 bridgehead atoms. The van der Waals surface area contributed by atoms with Crippen molar-refractivity contribution in [3.63, 3.8) is 0 Å². The van der Waals surface area contributed by atoms with Gasteiger partial charge in [-0.05, 0) is 50.9 Å². The van der Waals surface area contributed by atoms with E-state index in [-0.39, 0.29) is 29.4 Å². The van der Waals surface area contributed by atoms with Crippen LogP contribution in [0.4, 0.5) is 0 Å². The highest BCUT2D eigenvalue weighted by Gasteiger charge is 2.28. The summed E-state index contributed by atoms with van der Waals surface area (Å²) in [4.78, 5) is 0.206. The first-order valence-corrected chi connectivity index (χ1v) is 8.32. The van der Waals surface area contributed by atoms with E-state index >= 15 is 0 Å². The average molecular weight is 335 g/mol. The number of ether oxygens (including phenoxy) is 1. The van der Waals surface area contributed by atoms with Crippen molar-refractivity contribution in [3.05, 3.63) is 23.8 Å². The molecule has 1 heterocycles. The maximum Gasteiger partial charge on any atom is 0.244 e. The van der Waals surface area contributed by atoms with Gasteiger partial charge in [-0.3, -0.25) is 0 Å². The van der Waals surface area contributed by atoms with E-state index in [1.54, 1.807) is 12.1 Å². The van der Waals surface area contributed by atoms with Crippen LogP contribution in [0.25, 0.3) is 0 Å². The lowest BCUT2D eigenvalue weighted by Gasteiger charge is -2.30. The number of halogens is 1. The number of rotatable bonds is 4. The Kier molecular flexibility index (Phi) is 6.46. The second-order valence-corrected chi connectivity index (χ2v) is 6.95. The number of methoxy groups -OCH3 is 1. The largest absolute Gasteiger partial charge is 0.495 e. The molecule has 2 unspecified atom stereocenters. The third-order valence-corrected chi connectivity index (χ3v) is 5.19. The molecule has 1 aromatic carbocycles. The Morgan fingerprint density at radius 1 is 1.38 bits per heavy atom. The summed E-state index contributed by atoms with van der Waals surface area (Å²) in [7, 11) is -2.09. The summed E-state index contributed by atoms with van der Waals surface area (Å²) in [5.74, 6) is 0.375. The SMILES string of the molecule is COc1ccc(C)cc1S(=O)(=O)NC1CCCNC1C.Cl. The maximum atomic E-state index is 12.6. The molecule has 0 spiro atoms. The summed E-state index contributed by atoms with van der Waals surface area (Å²) in [5, 5.41) is 3.29. The third-order valence-electron chi connectivity index (χ3n) is 3.68. The van der Waals surface area contributed by atoms with Gasteiger partial charge in [0.2, 0.25) is 10.0 Å². The molecule has 0 saturated carbocycles. The van der Waals surface area contributed by atoms with Crippen molar-refractivity contribution in [1.82, 2.24) is 10.0 Å². The first kappa shape index (κ1) is 18.2. The van der Waals surface area contributed by atoms with Crippen LogP contribution in [0.15, 0.2) is 23.1 Å². The first-order chi connectivity index (χ1) is 9.44. The van der Waals surface area contributed by atoms with Gasteiger partial charge < -0.3 is 10.1 Å². The Balaban J connectivity index is 0.00000220. The molecule has 7 heteroatoms. The monoisotopic (exact) mass is 334 g/mol. The minimum atomic E-state index is -3.57. The fourth-order valence-electron chi connectivity index (χ4n) is 2.46. The molecule has 2 atom stereocenters. The Morgan fingerprint density at radius 2 is 2.10 bits per heavy atom. The maximum absolute atomic E-state index is 12.6. The molecule has 0 radical (unpaired) electrons. The molecular weight excluding hydrogens is 312 g/mol. The summed E-state index contributed by atoms with van der Waals surface area (Å²) in [6, 6.07) is 5.21. The van der Waals surface area contributed by atoms with Gasteiger partial charge in [0, 0.05) is 12.1 Å². The van der Waals surface area contributed by atoms with Gasteiger partial charge in [0.15, 0.2) is 0 Å². The van der Waals surface area contributed by atoms with Crippen molar-refractivity contribution in [2.45, 2.75) is 43.7 Å². The second kappa shape index (κ2) is 7.45. The Labute approximate surface area is 132 Å². The van der Waals surface area contributed by atoms with E-state index in [1.807, 2.05) is 19.9 Å². The fourth-order valence-corrected chi connectivity index (χ4v) is 4.07. The molecule has 1 aliphatic rings. The molecule has 120 valence electrons. The number of hydrogen-bond acceptors (Lipinski definition) is 4. The van der Waals surface area contributed by atoms with Gasteiger partial charge in [-0.15, -0.1) is 12.4 Å². The van der Waals surface area contributed by atoms with Gasteiger partial charge in [-0.25, -0.2) is 13.1 Å². The molecule has 0 amide bonds. The lowest BCUT2D eigenvalue weighted by Crippen LogP contribution is -2.51. The zero-order chi connectivity index (χ0) is 14.8. The lowest BCUT2D eigenvalue weighted by molar-refractivity contribution is 0.347. The van der Waals surface area contributed by atoms with Crippen molar-refractivity contribution >= 4 is 22.4 Å². The highest BCUT2D eigenvalue weighted by atomic mass is 35.5. The molecule has 5 nitrogen and oxygen atoms in total. The minimum Gasteiger partial charge on any atom is -0.495 e. The molecule has 2 N–H and O–H groups in total. The molecule has 1 fully saturated rings. The van der Waals surface area contributed by atoms with E-state index in [1.165, 1.54) is 7.11 Å². The molecule has 1 saturated heterocycles. The van der Waals surface area contributed by atoms with Crippen LogP contribution in [-0.4, -0.2) is 34.2 Å². The van der Waals surface area contributed by atoms with Gasteiger partial charge in [-0.1, -0.05) is 6.07 Å². The molecule has 0 aliphatic carbocycles. The minimum absolute atomic E-state index is 0. The van der Waals surface area contributed by atoms with E-state index in [2.05, 4.69) is 10.0 Å². The zero-order valence-corrected chi connectivity index (χ0v) is 14.2. The van der Waals surface area contributed by atoms with Gasteiger partial charge >= 0.3 is 0 Å². The average Bonchev–Trinajstić information content (AvgIpc) is 2.41. The van der Waals surface area contributed by atoms with Crippen LogP contribution in [0.2, 0.25) is 0 Å². The molecule has 0 aromatic heterocycles. The number of nitrogens with one attached hydrogen (secondary N) is 2. The first-order valence-electron chi connectivity index (χ1n) is 6.84. The second-order valence-electron chi connectivity index (χ2n) is 5.27. The number of aryl methyl sites for hydroxylation is 1. The zero-order valence-electron chi connectivity index (χ0n) is 12.5. The Morgan fingerprint density at radius 3 is 2.71 bits per heavy atom. The fraction of sp³-hybridized carbons (Fsp3) is 0.571. The topological polar surface area (TPSA) is 67.4 Å². The Hall–Kier alpha value is -0.820. The lowest BCUT2D eigenvalue weighted by atomic mass is 10.0. The quantitative estimate of drug-likeness (QED) is 0.881. The van der Waals surface area contributed by atoms with Crippen LogP contribution in [0.1, 0.15) is 25.3 Å². The Bertz CT molecular complexity index is 578. The number of benzene rings is 1. The van der Waals surface area contributed by atoms with Gasteiger partial charge in [0.25, 0.3) is 0 Å². The van der Waals surface area contributed by atoms with Crippen LogP contribution in [0.5, 0.6) is 5.75 Å². The smallest absolute Gasteiger partial charge is 0.244 e. The van der Waals surface area contributed by atoms with Crippen LogP contribution >= 0.6 is 12.4 Å². The van der Waals surface area contributed by atoms with E-state index in [0.717, 1.165) is 24.9 Å². The molecule has 1 aliphatic heterocycles. The normalized spacial score (nSPS) is 22.4. The van der Waals surface area contributed by atoms with Crippen molar-refractivity contribution in [2.24, 2.45) is 0 Å². The summed E-state index contributed by atoms with van der Waals surface area (Å²) in [6.07, 6.45) is 1.82. The highest BCUT2D eigenvalue weighted by Crippen LogP contribution is 2.25. The van der Waals surface area contributed by atoms with E-state index < -0.39 is 10.0 Å². The summed E-state index contributed by atoms with van der Waals surface area (Å²) >= 11 is 0. The predicted octanol–water partition coefficient (Wildman–Crippen LogP) is 1.84. The van der Waals surface area contributed by atoms with E-state index in [0.29, 0.717) is 5.75 Å². The standard InChI is InChI=1S/C14H22N2O3S.ClH/c1-10-6-7-13(19-3)14(9-10)20(17,18)16-12-5-4-8-15-11(12)2;/h6-7,9,11-12,15-16H,4-5,8H2,1-3H3;1H.